The Morgan fingerprint density at radius 2 is 0.711 bits per heavy atom. The third-order valence-corrected chi connectivity index (χ3v) is 14.8. The van der Waals surface area contributed by atoms with Crippen molar-refractivity contribution in [3.8, 4) is 11.4 Å². The molecule has 9 aromatic carbocycles. The smallest absolute Gasteiger partial charge is 0.178 e. The molecule has 1 aliphatic rings. The number of aromatic nitrogens is 2. The summed E-state index contributed by atoms with van der Waals surface area (Å²) in [6, 6.07) is 62.4. The van der Waals surface area contributed by atoms with Crippen LogP contribution in [0.1, 0.15) is 44.6 Å². The Labute approximate surface area is 437 Å². The lowest BCUT2D eigenvalue weighted by Gasteiger charge is -2.07. The normalized spacial score (nSPS) is 15.2. The summed E-state index contributed by atoms with van der Waals surface area (Å²) in [4.78, 5) is 0. The van der Waals surface area contributed by atoms with E-state index in [2.05, 4.69) is 228 Å². The number of nitrogens with zero attached hydrogens (tertiary/aromatic N) is 2. The Bertz CT molecular complexity index is 4880. The number of furan rings is 4. The molecule has 6 heterocycles. The van der Waals surface area contributed by atoms with Gasteiger partial charge in [-0.3, -0.25) is 0 Å². The number of para-hydroxylation sites is 4. The van der Waals surface area contributed by atoms with Crippen molar-refractivity contribution in [2.45, 2.75) is 27.7 Å². The largest absolute Gasteiger partial charge is 0.452 e. The van der Waals surface area contributed by atoms with E-state index in [0.29, 0.717) is 0 Å². The standard InChI is InChI=1S/C66H38N2O4.2C2H6/c1-2-14-39(40-26-33-60-52(36-40)49-31-32-51-54-38-42(28-35-62(54)72-66(51)64(49)70-60)68-57-23-11-7-18-45(57)46-19-8-12-24-58(46)68)15-4-13-25-59-47(20-3-1)48-29-30-50-53-37-41(27-34-61(53)71-65(50)63(48)69-59)67-55-21-9-5-16-43(55)44-17-6-10-22-56(44)67;2*1-2/h1-38H;2*1-2H3/b2-1+,3-1?,13-4?,14-2?,15-4-,20-3+,25-13-,39-14+,39-15?,47-20?,59-25?;;. The quantitative estimate of drug-likeness (QED) is 0.177. The molecule has 15 aromatic rings. The average Bonchev–Trinajstić information content (AvgIpc) is 4.38. The van der Waals surface area contributed by atoms with E-state index < -0.39 is 0 Å². The molecule has 6 aromatic heterocycles. The molecule has 0 spiro atoms. The number of rotatable bonds is 3. The maximum absolute atomic E-state index is 6.72. The van der Waals surface area contributed by atoms with Crippen molar-refractivity contribution in [3.05, 3.63) is 235 Å². The van der Waals surface area contributed by atoms with Crippen LogP contribution in [-0.2, 0) is 0 Å². The van der Waals surface area contributed by atoms with Crippen LogP contribution < -0.4 is 0 Å². The Kier molecular flexibility index (Phi) is 10.6. The van der Waals surface area contributed by atoms with Crippen LogP contribution in [0.15, 0.2) is 236 Å². The van der Waals surface area contributed by atoms with Gasteiger partial charge in [-0.2, -0.15) is 0 Å². The highest BCUT2D eigenvalue weighted by Crippen LogP contribution is 2.43. The van der Waals surface area contributed by atoms with Crippen LogP contribution in [0.3, 0.4) is 0 Å². The predicted octanol–water partition coefficient (Wildman–Crippen LogP) is 20.6. The summed E-state index contributed by atoms with van der Waals surface area (Å²) in [6.07, 6.45) is 18.8. The van der Waals surface area contributed by atoms with Gasteiger partial charge in [0, 0.05) is 76.2 Å². The molecule has 0 fully saturated rings. The van der Waals surface area contributed by atoms with Gasteiger partial charge in [-0.15, -0.1) is 0 Å². The first-order valence-corrected chi connectivity index (χ1v) is 26.3. The van der Waals surface area contributed by atoms with Gasteiger partial charge in [0.05, 0.1) is 22.1 Å². The summed E-state index contributed by atoms with van der Waals surface area (Å²) in [5, 5.41) is 12.1. The second kappa shape index (κ2) is 18.0. The molecule has 0 aliphatic heterocycles. The first-order chi connectivity index (χ1) is 37.7. The molecule has 0 N–H and O–H groups in total. The summed E-state index contributed by atoms with van der Waals surface area (Å²) < 4.78 is 31.3. The predicted molar refractivity (Wildman–Crippen MR) is 320 cm³/mol. The minimum atomic E-state index is 0.729. The molecule has 0 amide bonds. The van der Waals surface area contributed by atoms with Crippen molar-refractivity contribution >= 4 is 138 Å². The van der Waals surface area contributed by atoms with E-state index in [9.17, 15) is 0 Å². The molecule has 0 bridgehead atoms. The number of hydrogen-bond acceptors (Lipinski definition) is 4. The summed E-state index contributed by atoms with van der Waals surface area (Å²) in [7, 11) is 0. The van der Waals surface area contributed by atoms with Crippen LogP contribution in [0.5, 0.6) is 0 Å². The number of hydrogen-bond donors (Lipinski definition) is 0. The monoisotopic (exact) mass is 982 g/mol. The fourth-order valence-electron chi connectivity index (χ4n) is 11.6. The van der Waals surface area contributed by atoms with Crippen molar-refractivity contribution in [2.75, 3.05) is 0 Å². The molecule has 6 heteroatoms. The zero-order valence-corrected chi connectivity index (χ0v) is 42.5. The molecule has 0 saturated carbocycles. The van der Waals surface area contributed by atoms with Gasteiger partial charge in [-0.05, 0) is 114 Å². The Morgan fingerprint density at radius 3 is 1.21 bits per heavy atom. The van der Waals surface area contributed by atoms with Crippen LogP contribution in [-0.4, -0.2) is 9.13 Å². The molecule has 0 unspecified atom stereocenters. The highest BCUT2D eigenvalue weighted by Gasteiger charge is 2.21. The van der Waals surface area contributed by atoms with Crippen LogP contribution in [0, 0.1) is 0 Å². The van der Waals surface area contributed by atoms with E-state index in [1.807, 2.05) is 39.8 Å². The highest BCUT2D eigenvalue weighted by atomic mass is 16.4. The summed E-state index contributed by atoms with van der Waals surface area (Å²) in [5.41, 5.74) is 15.4. The van der Waals surface area contributed by atoms with E-state index >= 15 is 0 Å². The van der Waals surface area contributed by atoms with Crippen LogP contribution in [0.4, 0.5) is 0 Å². The molecule has 0 radical (unpaired) electrons. The lowest BCUT2D eigenvalue weighted by molar-refractivity contribution is 0.590. The topological polar surface area (TPSA) is 62.4 Å². The van der Waals surface area contributed by atoms with Crippen molar-refractivity contribution in [1.82, 2.24) is 9.13 Å². The van der Waals surface area contributed by atoms with E-state index in [0.717, 1.165) is 111 Å². The highest BCUT2D eigenvalue weighted by molar-refractivity contribution is 6.20. The van der Waals surface area contributed by atoms with Crippen LogP contribution >= 0.6 is 0 Å². The third-order valence-electron chi connectivity index (χ3n) is 14.8. The zero-order valence-electron chi connectivity index (χ0n) is 42.5. The maximum Gasteiger partial charge on any atom is 0.178 e. The fourth-order valence-corrected chi connectivity index (χ4v) is 11.6. The van der Waals surface area contributed by atoms with Gasteiger partial charge in [0.2, 0.25) is 0 Å². The first kappa shape index (κ1) is 44.9. The molecular formula is C70H50N2O4. The molecule has 364 valence electrons. The number of fused-ring (bicyclic) bond motifs is 20. The van der Waals surface area contributed by atoms with Gasteiger partial charge in [0.1, 0.15) is 22.5 Å². The maximum atomic E-state index is 6.72. The zero-order chi connectivity index (χ0) is 51.0. The Morgan fingerprint density at radius 1 is 0.303 bits per heavy atom. The third kappa shape index (κ3) is 6.80. The van der Waals surface area contributed by atoms with Gasteiger partial charge >= 0.3 is 0 Å². The van der Waals surface area contributed by atoms with Crippen molar-refractivity contribution in [3.63, 3.8) is 0 Å². The Hall–Kier alpha value is -9.78. The molecule has 0 saturated heterocycles. The minimum absolute atomic E-state index is 0.729. The van der Waals surface area contributed by atoms with Crippen LogP contribution in [0.2, 0.25) is 0 Å². The Balaban J connectivity index is 0.00000129. The van der Waals surface area contributed by atoms with Crippen molar-refractivity contribution in [1.29, 1.82) is 0 Å². The lowest BCUT2D eigenvalue weighted by atomic mass is 10.0. The molecular weight excluding hydrogens is 933 g/mol. The minimum Gasteiger partial charge on any atom is -0.452 e. The van der Waals surface area contributed by atoms with E-state index in [4.69, 9.17) is 17.7 Å². The van der Waals surface area contributed by atoms with Gasteiger partial charge in [0.25, 0.3) is 0 Å². The summed E-state index contributed by atoms with van der Waals surface area (Å²) >= 11 is 0. The lowest BCUT2D eigenvalue weighted by Crippen LogP contribution is -1.93. The van der Waals surface area contributed by atoms with E-state index in [1.165, 1.54) is 43.6 Å². The van der Waals surface area contributed by atoms with Gasteiger partial charge < -0.3 is 26.8 Å². The van der Waals surface area contributed by atoms with Gasteiger partial charge in [-0.25, -0.2) is 0 Å². The second-order valence-corrected chi connectivity index (χ2v) is 18.7. The SMILES string of the molecule is C1=C\C(c2ccc3oc4c(ccc5c6cc(-n7c8ccccc8c8ccccc87)ccc6oc54)c3c2)=C/C=C/C=C/c2c(oc3c2ccc2c4cc(-n5c6ccccc6c6ccccc65)ccc4oc23)\C=C/1.CC.CC. The molecule has 76 heavy (non-hydrogen) atoms. The van der Waals surface area contributed by atoms with Crippen molar-refractivity contribution in [2.24, 2.45) is 0 Å². The fraction of sp³-hybridized carbons (Fsp3) is 0.0571. The molecule has 6 nitrogen and oxygen atoms in total. The van der Waals surface area contributed by atoms with Crippen LogP contribution in [0.25, 0.3) is 149 Å². The number of allylic oxidation sites excluding steroid dienone is 8. The summed E-state index contributed by atoms with van der Waals surface area (Å²) in [5.74, 6) is 0.760. The van der Waals surface area contributed by atoms with Crippen molar-refractivity contribution < 1.29 is 17.7 Å². The number of benzene rings is 9. The second-order valence-electron chi connectivity index (χ2n) is 18.7. The summed E-state index contributed by atoms with van der Waals surface area (Å²) in [6.45, 7) is 8.00. The van der Waals surface area contributed by atoms with Gasteiger partial charge in [0.15, 0.2) is 22.3 Å². The van der Waals surface area contributed by atoms with Gasteiger partial charge in [-0.1, -0.05) is 155 Å². The molecule has 1 aliphatic carbocycles. The molecule has 16 rings (SSSR count). The molecule has 0 atom stereocenters. The average molecular weight is 983 g/mol. The van der Waals surface area contributed by atoms with E-state index in [1.54, 1.807) is 0 Å². The van der Waals surface area contributed by atoms with E-state index in [-0.39, 0.29) is 0 Å². The first-order valence-electron chi connectivity index (χ1n) is 26.3.